The molecule has 27 heavy (non-hydrogen) atoms. The molecule has 160 valence electrons. The van der Waals surface area contributed by atoms with Gasteiger partial charge in [0.1, 0.15) is 24.4 Å². The fraction of sp³-hybridized carbons (Fsp3) is 0.950. The summed E-state index contributed by atoms with van der Waals surface area (Å²) in [4.78, 5) is 12.0. The lowest BCUT2D eigenvalue weighted by molar-refractivity contribution is -0.236. The quantitative estimate of drug-likeness (QED) is 0.288. The molecule has 5 N–H and O–H groups in total. The standard InChI is InChI=1S/C20H39NO6/c1-2-3-4-5-6-7-8-9-10-11-12-13-16(23)21-20-19(26)18(25)17(24)15(14-22)27-20/h15,17-20,22,24-26H,2-14H2,1H3,(H,21,23)/t15-,17-,18+,19+,20-/m1/s1. The van der Waals surface area contributed by atoms with Gasteiger partial charge in [-0.3, -0.25) is 4.79 Å². The highest BCUT2D eigenvalue weighted by Crippen LogP contribution is 2.20. The van der Waals surface area contributed by atoms with E-state index in [-0.39, 0.29) is 5.91 Å². The smallest absolute Gasteiger partial charge is 0.222 e. The Labute approximate surface area is 163 Å². The van der Waals surface area contributed by atoms with Crippen molar-refractivity contribution in [1.82, 2.24) is 5.32 Å². The molecule has 0 bridgehead atoms. The first kappa shape index (κ1) is 24.3. The molecule has 1 rings (SSSR count). The number of rotatable bonds is 14. The summed E-state index contributed by atoms with van der Waals surface area (Å²) in [5.74, 6) is -0.268. The van der Waals surface area contributed by atoms with Crippen molar-refractivity contribution >= 4 is 5.91 Å². The van der Waals surface area contributed by atoms with E-state index in [0.717, 1.165) is 19.3 Å². The van der Waals surface area contributed by atoms with Gasteiger partial charge in [0.15, 0.2) is 6.23 Å². The fourth-order valence-electron chi connectivity index (χ4n) is 3.40. The monoisotopic (exact) mass is 389 g/mol. The second-order valence-electron chi connectivity index (χ2n) is 7.60. The second kappa shape index (κ2) is 14.3. The number of hydrogen-bond acceptors (Lipinski definition) is 6. The summed E-state index contributed by atoms with van der Waals surface area (Å²) in [6.45, 7) is 1.72. The van der Waals surface area contributed by atoms with E-state index >= 15 is 0 Å². The second-order valence-corrected chi connectivity index (χ2v) is 7.60. The van der Waals surface area contributed by atoms with E-state index in [1.165, 1.54) is 51.4 Å². The summed E-state index contributed by atoms with van der Waals surface area (Å²) in [6, 6.07) is 0. The van der Waals surface area contributed by atoms with Gasteiger partial charge in [0.25, 0.3) is 0 Å². The minimum Gasteiger partial charge on any atom is -0.394 e. The molecule has 0 aromatic carbocycles. The molecular weight excluding hydrogens is 350 g/mol. The Morgan fingerprint density at radius 3 is 1.85 bits per heavy atom. The number of ether oxygens (including phenoxy) is 1. The van der Waals surface area contributed by atoms with Gasteiger partial charge >= 0.3 is 0 Å². The van der Waals surface area contributed by atoms with E-state index < -0.39 is 37.3 Å². The van der Waals surface area contributed by atoms with Crippen LogP contribution in [0.15, 0.2) is 0 Å². The highest BCUT2D eigenvalue weighted by atomic mass is 16.6. The molecule has 0 spiro atoms. The molecule has 0 unspecified atom stereocenters. The normalized spacial score (nSPS) is 28.3. The lowest BCUT2D eigenvalue weighted by Gasteiger charge is -2.40. The molecule has 1 saturated heterocycles. The van der Waals surface area contributed by atoms with E-state index in [2.05, 4.69) is 12.2 Å². The summed E-state index contributed by atoms with van der Waals surface area (Å²) in [5.41, 5.74) is 0. The van der Waals surface area contributed by atoms with Crippen LogP contribution in [0.2, 0.25) is 0 Å². The molecule has 1 aliphatic heterocycles. The summed E-state index contributed by atoms with van der Waals surface area (Å²) < 4.78 is 5.27. The molecule has 1 amide bonds. The maximum Gasteiger partial charge on any atom is 0.222 e. The van der Waals surface area contributed by atoms with Crippen LogP contribution in [0.1, 0.15) is 84.0 Å². The Kier molecular flexibility index (Phi) is 12.9. The fourth-order valence-corrected chi connectivity index (χ4v) is 3.40. The van der Waals surface area contributed by atoms with Crippen LogP contribution < -0.4 is 5.32 Å². The highest BCUT2D eigenvalue weighted by molar-refractivity contribution is 5.76. The maximum absolute atomic E-state index is 12.0. The average Bonchev–Trinajstić information content (AvgIpc) is 2.66. The van der Waals surface area contributed by atoms with Crippen LogP contribution in [0.5, 0.6) is 0 Å². The molecule has 1 heterocycles. The van der Waals surface area contributed by atoms with Crippen molar-refractivity contribution in [2.45, 2.75) is 115 Å². The SMILES string of the molecule is CCCCCCCCCCCCCC(=O)N[C@@H]1O[C@H](CO)[C@@H](O)[C@H](O)[C@@H]1O. The number of aliphatic hydroxyl groups excluding tert-OH is 4. The van der Waals surface area contributed by atoms with Crippen LogP contribution >= 0.6 is 0 Å². The zero-order chi connectivity index (χ0) is 20.1. The molecule has 1 fully saturated rings. The van der Waals surface area contributed by atoms with Gasteiger partial charge in [-0.25, -0.2) is 0 Å². The summed E-state index contributed by atoms with van der Waals surface area (Å²) in [6.07, 6.45) is 7.12. The van der Waals surface area contributed by atoms with Crippen molar-refractivity contribution in [1.29, 1.82) is 0 Å². The maximum atomic E-state index is 12.0. The topological polar surface area (TPSA) is 119 Å². The number of amides is 1. The van der Waals surface area contributed by atoms with Gasteiger partial charge in [-0.05, 0) is 6.42 Å². The van der Waals surface area contributed by atoms with Gasteiger partial charge in [-0.2, -0.15) is 0 Å². The molecule has 1 aliphatic rings. The zero-order valence-electron chi connectivity index (χ0n) is 16.7. The molecule has 5 atom stereocenters. The Bertz CT molecular complexity index is 393. The first-order valence-electron chi connectivity index (χ1n) is 10.6. The van der Waals surface area contributed by atoms with Crippen molar-refractivity contribution in [3.63, 3.8) is 0 Å². The van der Waals surface area contributed by atoms with Crippen molar-refractivity contribution in [2.24, 2.45) is 0 Å². The van der Waals surface area contributed by atoms with Crippen molar-refractivity contribution in [3.8, 4) is 0 Å². The molecule has 7 nitrogen and oxygen atoms in total. The van der Waals surface area contributed by atoms with Crippen LogP contribution in [-0.4, -0.2) is 63.6 Å². The van der Waals surface area contributed by atoms with Gasteiger partial charge < -0.3 is 30.5 Å². The number of carbonyl (C=O) groups is 1. The Morgan fingerprint density at radius 2 is 1.33 bits per heavy atom. The number of nitrogens with one attached hydrogen (secondary N) is 1. The highest BCUT2D eigenvalue weighted by Gasteiger charge is 2.43. The van der Waals surface area contributed by atoms with E-state index in [4.69, 9.17) is 9.84 Å². The number of hydrogen-bond donors (Lipinski definition) is 5. The predicted octanol–water partition coefficient (Wildman–Crippen LogP) is 1.60. The van der Waals surface area contributed by atoms with Crippen molar-refractivity contribution < 1.29 is 30.0 Å². The predicted molar refractivity (Wildman–Crippen MR) is 103 cm³/mol. The van der Waals surface area contributed by atoms with Crippen LogP contribution in [0.4, 0.5) is 0 Å². The van der Waals surface area contributed by atoms with Crippen molar-refractivity contribution in [2.75, 3.05) is 6.61 Å². The molecular formula is C20H39NO6. The summed E-state index contributed by atoms with van der Waals surface area (Å²) in [5, 5.41) is 41.0. The molecule has 0 saturated carbocycles. The van der Waals surface area contributed by atoms with E-state index in [0.29, 0.717) is 6.42 Å². The summed E-state index contributed by atoms with van der Waals surface area (Å²) >= 11 is 0. The van der Waals surface area contributed by atoms with Crippen molar-refractivity contribution in [3.05, 3.63) is 0 Å². The van der Waals surface area contributed by atoms with Crippen LogP contribution in [-0.2, 0) is 9.53 Å². The largest absolute Gasteiger partial charge is 0.394 e. The number of carbonyl (C=O) groups excluding carboxylic acids is 1. The molecule has 7 heteroatoms. The lowest BCUT2D eigenvalue weighted by atomic mass is 9.98. The van der Waals surface area contributed by atoms with E-state index in [9.17, 15) is 20.1 Å². The Morgan fingerprint density at radius 1 is 0.815 bits per heavy atom. The third kappa shape index (κ3) is 9.34. The molecule has 0 radical (unpaired) electrons. The van der Waals surface area contributed by atoms with E-state index in [1.807, 2.05) is 0 Å². The molecule has 0 aromatic heterocycles. The number of aliphatic hydroxyl groups is 4. The first-order valence-corrected chi connectivity index (χ1v) is 10.6. The Balaban J connectivity index is 2.07. The molecule has 0 aromatic rings. The van der Waals surface area contributed by atoms with Gasteiger partial charge in [0, 0.05) is 6.42 Å². The van der Waals surface area contributed by atoms with E-state index in [1.54, 1.807) is 0 Å². The number of unbranched alkanes of at least 4 members (excludes halogenated alkanes) is 10. The zero-order valence-corrected chi connectivity index (χ0v) is 16.7. The van der Waals surface area contributed by atoms with Crippen LogP contribution in [0.25, 0.3) is 0 Å². The molecule has 0 aliphatic carbocycles. The lowest BCUT2D eigenvalue weighted by Crippen LogP contribution is -2.63. The average molecular weight is 390 g/mol. The van der Waals surface area contributed by atoms with Crippen LogP contribution in [0.3, 0.4) is 0 Å². The Hall–Kier alpha value is -0.730. The third-order valence-electron chi connectivity index (χ3n) is 5.20. The minimum absolute atomic E-state index is 0.268. The van der Waals surface area contributed by atoms with Gasteiger partial charge in [-0.15, -0.1) is 0 Å². The minimum atomic E-state index is -1.47. The van der Waals surface area contributed by atoms with Crippen LogP contribution in [0, 0.1) is 0 Å². The summed E-state index contributed by atoms with van der Waals surface area (Å²) in [7, 11) is 0. The van der Waals surface area contributed by atoms with Gasteiger partial charge in [0.2, 0.25) is 5.91 Å². The van der Waals surface area contributed by atoms with Gasteiger partial charge in [-0.1, -0.05) is 71.1 Å². The third-order valence-corrected chi connectivity index (χ3v) is 5.20. The van der Waals surface area contributed by atoms with Gasteiger partial charge in [0.05, 0.1) is 6.61 Å². The first-order chi connectivity index (χ1) is 13.0.